The highest BCUT2D eigenvalue weighted by molar-refractivity contribution is 6.62. The Kier molecular flexibility index (Phi) is 4.87. The number of benzene rings is 1. The second-order valence-electron chi connectivity index (χ2n) is 7.81. The molecule has 0 spiro atoms. The third-order valence-electron chi connectivity index (χ3n) is 5.29. The minimum atomic E-state index is -0.312. The van der Waals surface area contributed by atoms with Crippen molar-refractivity contribution < 1.29 is 13.7 Å². The van der Waals surface area contributed by atoms with Crippen molar-refractivity contribution in [2.45, 2.75) is 45.3 Å². The maximum Gasteiger partial charge on any atom is 0.494 e. The molecule has 0 bridgehead atoms. The van der Waals surface area contributed by atoms with Crippen LogP contribution in [0.1, 0.15) is 39.7 Å². The van der Waals surface area contributed by atoms with Gasteiger partial charge in [-0.05, 0) is 50.7 Å². The number of rotatable bonds is 5. The molecule has 2 aliphatic heterocycles. The van der Waals surface area contributed by atoms with E-state index in [-0.39, 0.29) is 25.0 Å². The van der Waals surface area contributed by atoms with Crippen molar-refractivity contribution in [1.29, 1.82) is 0 Å². The van der Waals surface area contributed by atoms with Gasteiger partial charge in [0.25, 0.3) is 0 Å². The summed E-state index contributed by atoms with van der Waals surface area (Å²) in [4.78, 5) is 2.27. The fourth-order valence-corrected chi connectivity index (χ4v) is 3.03. The van der Waals surface area contributed by atoms with Crippen molar-refractivity contribution in [3.05, 3.63) is 35.4 Å². The number of nitrogens with zero attached hydrogens (tertiary/aromatic N) is 1. The first-order valence-electron chi connectivity index (χ1n) is 8.74. The van der Waals surface area contributed by atoms with Crippen molar-refractivity contribution in [3.8, 4) is 0 Å². The monoisotopic (exact) mass is 331 g/mol. The smallest absolute Gasteiger partial charge is 0.399 e. The predicted molar refractivity (Wildman–Crippen MR) is 97.2 cm³/mol. The van der Waals surface area contributed by atoms with Crippen LogP contribution in [-0.2, 0) is 9.31 Å². The zero-order chi connectivity index (χ0) is 17.4. The molecule has 1 aromatic rings. The molecular formula is C19H27BFNO2. The van der Waals surface area contributed by atoms with Gasteiger partial charge in [-0.1, -0.05) is 30.3 Å². The van der Waals surface area contributed by atoms with Crippen molar-refractivity contribution in [1.82, 2.24) is 4.90 Å². The SMILES string of the molecule is CC1(C)OB(c2ccc(C=C3CN(CCCF)C3)cc2)OC1(C)C. The van der Waals surface area contributed by atoms with Gasteiger partial charge in [-0.15, -0.1) is 0 Å². The average Bonchev–Trinajstić information content (AvgIpc) is 2.70. The summed E-state index contributed by atoms with van der Waals surface area (Å²) < 4.78 is 24.3. The molecule has 24 heavy (non-hydrogen) atoms. The van der Waals surface area contributed by atoms with Gasteiger partial charge < -0.3 is 9.31 Å². The first kappa shape index (κ1) is 17.7. The average molecular weight is 331 g/mol. The van der Waals surface area contributed by atoms with Crippen LogP contribution in [0.2, 0.25) is 0 Å². The lowest BCUT2D eigenvalue weighted by atomic mass is 9.79. The van der Waals surface area contributed by atoms with E-state index in [1.807, 2.05) is 0 Å². The van der Waals surface area contributed by atoms with Crippen LogP contribution in [0, 0.1) is 0 Å². The van der Waals surface area contributed by atoms with Crippen molar-refractivity contribution >= 4 is 18.7 Å². The topological polar surface area (TPSA) is 21.7 Å². The van der Waals surface area contributed by atoms with E-state index in [0.29, 0.717) is 6.42 Å². The van der Waals surface area contributed by atoms with Gasteiger partial charge >= 0.3 is 7.12 Å². The van der Waals surface area contributed by atoms with Crippen LogP contribution in [0.3, 0.4) is 0 Å². The zero-order valence-electron chi connectivity index (χ0n) is 15.1. The van der Waals surface area contributed by atoms with Crippen LogP contribution in [0.15, 0.2) is 29.8 Å². The van der Waals surface area contributed by atoms with Gasteiger partial charge in [0.1, 0.15) is 0 Å². The number of hydrogen-bond acceptors (Lipinski definition) is 3. The Morgan fingerprint density at radius 1 is 1.08 bits per heavy atom. The van der Waals surface area contributed by atoms with Gasteiger partial charge in [-0.3, -0.25) is 9.29 Å². The summed E-state index contributed by atoms with van der Waals surface area (Å²) in [5, 5.41) is 0. The van der Waals surface area contributed by atoms with E-state index in [1.54, 1.807) is 0 Å². The van der Waals surface area contributed by atoms with Crippen LogP contribution in [0.5, 0.6) is 0 Å². The van der Waals surface area contributed by atoms with Gasteiger partial charge in [0.15, 0.2) is 0 Å². The maximum absolute atomic E-state index is 12.2. The molecule has 2 fully saturated rings. The zero-order valence-corrected chi connectivity index (χ0v) is 15.1. The summed E-state index contributed by atoms with van der Waals surface area (Å²) in [7, 11) is -0.309. The van der Waals surface area contributed by atoms with E-state index in [0.717, 1.165) is 25.1 Å². The standard InChI is InChI=1S/C19H27BFNO2/c1-18(2)19(3,4)24-20(23-18)17-8-6-15(7-9-17)12-16-13-22(14-16)11-5-10-21/h6-9,12H,5,10-11,13-14H2,1-4H3. The first-order chi connectivity index (χ1) is 11.3. The van der Waals surface area contributed by atoms with Crippen LogP contribution >= 0.6 is 0 Å². The molecule has 3 nitrogen and oxygen atoms in total. The molecular weight excluding hydrogens is 304 g/mol. The number of alkyl halides is 1. The minimum Gasteiger partial charge on any atom is -0.399 e. The number of hydrogen-bond donors (Lipinski definition) is 0. The minimum absolute atomic E-state index is 0.226. The molecule has 2 saturated heterocycles. The lowest BCUT2D eigenvalue weighted by Gasteiger charge is -2.33. The van der Waals surface area contributed by atoms with E-state index in [9.17, 15) is 4.39 Å². The van der Waals surface area contributed by atoms with Crippen LogP contribution in [0.4, 0.5) is 4.39 Å². The van der Waals surface area contributed by atoms with Crippen molar-refractivity contribution in [2.24, 2.45) is 0 Å². The summed E-state index contributed by atoms with van der Waals surface area (Å²) in [6.07, 6.45) is 2.86. The van der Waals surface area contributed by atoms with E-state index in [2.05, 4.69) is 62.9 Å². The molecule has 2 heterocycles. The quantitative estimate of drug-likeness (QED) is 0.774. The summed E-state index contributed by atoms with van der Waals surface area (Å²) in [6, 6.07) is 8.37. The lowest BCUT2D eigenvalue weighted by Crippen LogP contribution is -2.41. The summed E-state index contributed by atoms with van der Waals surface area (Å²) in [5.41, 5.74) is 3.02. The van der Waals surface area contributed by atoms with E-state index in [1.165, 1.54) is 11.1 Å². The molecule has 0 amide bonds. The summed E-state index contributed by atoms with van der Waals surface area (Å²) in [6.45, 7) is 10.8. The molecule has 5 heteroatoms. The van der Waals surface area contributed by atoms with Crippen molar-refractivity contribution in [3.63, 3.8) is 0 Å². The van der Waals surface area contributed by atoms with Gasteiger partial charge in [0.2, 0.25) is 0 Å². The van der Waals surface area contributed by atoms with Gasteiger partial charge in [0.05, 0.1) is 17.9 Å². The molecule has 0 saturated carbocycles. The van der Waals surface area contributed by atoms with Gasteiger partial charge in [-0.25, -0.2) is 0 Å². The van der Waals surface area contributed by atoms with Gasteiger partial charge in [0, 0.05) is 19.6 Å². The molecule has 1 aromatic carbocycles. The van der Waals surface area contributed by atoms with Crippen LogP contribution < -0.4 is 5.46 Å². The molecule has 3 rings (SSSR count). The van der Waals surface area contributed by atoms with Crippen molar-refractivity contribution in [2.75, 3.05) is 26.3 Å². The Labute approximate surface area is 145 Å². The summed E-state index contributed by atoms with van der Waals surface area (Å²) >= 11 is 0. The third kappa shape index (κ3) is 3.58. The fraction of sp³-hybridized carbons (Fsp3) is 0.579. The van der Waals surface area contributed by atoms with Crippen LogP contribution in [-0.4, -0.2) is 49.5 Å². The molecule has 130 valence electrons. The molecule has 0 unspecified atom stereocenters. The highest BCUT2D eigenvalue weighted by Crippen LogP contribution is 2.36. The Hall–Kier alpha value is -1.17. The van der Waals surface area contributed by atoms with E-state index in [4.69, 9.17) is 9.31 Å². The Morgan fingerprint density at radius 2 is 1.67 bits per heavy atom. The number of likely N-dealkylation sites (tertiary alicyclic amines) is 1. The fourth-order valence-electron chi connectivity index (χ4n) is 3.03. The maximum atomic E-state index is 12.2. The molecule has 0 radical (unpaired) electrons. The predicted octanol–water partition coefficient (Wildman–Crippen LogP) is 3.04. The Bertz CT molecular complexity index is 588. The molecule has 0 N–H and O–H groups in total. The highest BCUT2D eigenvalue weighted by Gasteiger charge is 2.51. The van der Waals surface area contributed by atoms with Gasteiger partial charge in [-0.2, -0.15) is 0 Å². The summed E-state index contributed by atoms with van der Waals surface area (Å²) in [5.74, 6) is 0. The number of halogens is 1. The molecule has 0 aliphatic carbocycles. The molecule has 0 aromatic heterocycles. The normalized spacial score (nSPS) is 22.5. The van der Waals surface area contributed by atoms with E-state index >= 15 is 0 Å². The first-order valence-corrected chi connectivity index (χ1v) is 8.74. The second-order valence-corrected chi connectivity index (χ2v) is 7.81. The Balaban J connectivity index is 1.59. The Morgan fingerprint density at radius 3 is 2.21 bits per heavy atom. The van der Waals surface area contributed by atoms with E-state index < -0.39 is 0 Å². The molecule has 0 atom stereocenters. The molecule has 2 aliphatic rings. The lowest BCUT2D eigenvalue weighted by molar-refractivity contribution is 0.00578. The third-order valence-corrected chi connectivity index (χ3v) is 5.29. The second kappa shape index (κ2) is 6.62. The van der Waals surface area contributed by atoms with Crippen LogP contribution in [0.25, 0.3) is 6.08 Å². The highest BCUT2D eigenvalue weighted by atomic mass is 19.1. The largest absolute Gasteiger partial charge is 0.494 e.